The first-order chi connectivity index (χ1) is 13.7. The van der Waals surface area contributed by atoms with Crippen LogP contribution in [-0.2, 0) is 11.3 Å². The molecule has 0 spiro atoms. The van der Waals surface area contributed by atoms with Gasteiger partial charge in [0.2, 0.25) is 5.91 Å². The predicted octanol–water partition coefficient (Wildman–Crippen LogP) is 2.74. The number of rotatable bonds is 7. The first-order valence-corrected chi connectivity index (χ1v) is 9.48. The molecule has 4 rings (SSSR count). The lowest BCUT2D eigenvalue weighted by Gasteiger charge is -2.03. The lowest BCUT2D eigenvalue weighted by Crippen LogP contribution is -2.31. The Hall–Kier alpha value is -3.41. The third-order valence-electron chi connectivity index (χ3n) is 4.67. The number of hydrogen-bond donors (Lipinski definition) is 1. The zero-order valence-corrected chi connectivity index (χ0v) is 15.5. The van der Waals surface area contributed by atoms with Crippen molar-refractivity contribution < 1.29 is 4.79 Å². The Morgan fingerprint density at radius 3 is 2.43 bits per heavy atom. The second-order valence-electron chi connectivity index (χ2n) is 6.84. The predicted molar refractivity (Wildman–Crippen MR) is 108 cm³/mol. The summed E-state index contributed by atoms with van der Waals surface area (Å²) < 4.78 is 3.14. The first kappa shape index (κ1) is 18.0. The summed E-state index contributed by atoms with van der Waals surface area (Å²) in [5.41, 5.74) is 1.63. The monoisotopic (exact) mass is 374 g/mol. The van der Waals surface area contributed by atoms with E-state index in [0.717, 1.165) is 29.9 Å². The van der Waals surface area contributed by atoms with E-state index in [2.05, 4.69) is 10.4 Å². The van der Waals surface area contributed by atoms with E-state index in [-0.39, 0.29) is 11.6 Å². The summed E-state index contributed by atoms with van der Waals surface area (Å²) >= 11 is 0. The van der Waals surface area contributed by atoms with E-state index in [1.165, 1.54) is 10.8 Å². The van der Waals surface area contributed by atoms with E-state index in [1.54, 1.807) is 10.6 Å². The molecule has 0 radical (unpaired) electrons. The Kier molecular flexibility index (Phi) is 5.19. The topological polar surface area (TPSA) is 68.9 Å². The number of hydrogen-bond acceptors (Lipinski definition) is 3. The van der Waals surface area contributed by atoms with Crippen LogP contribution in [0.25, 0.3) is 11.8 Å². The average Bonchev–Trinajstić information content (AvgIpc) is 3.52. The van der Waals surface area contributed by atoms with Crippen LogP contribution < -0.4 is 11.0 Å². The number of carbonyl (C=O) groups is 1. The molecule has 1 saturated carbocycles. The molecule has 3 aromatic rings. The zero-order valence-electron chi connectivity index (χ0n) is 15.5. The quantitative estimate of drug-likeness (QED) is 0.647. The van der Waals surface area contributed by atoms with Crippen LogP contribution in [0.4, 0.5) is 0 Å². The summed E-state index contributed by atoms with van der Waals surface area (Å²) in [5.74, 6) is 0.964. The van der Waals surface area contributed by atoms with Gasteiger partial charge in [0.05, 0.1) is 12.2 Å². The highest BCUT2D eigenvalue weighted by atomic mass is 16.2. The van der Waals surface area contributed by atoms with E-state index in [0.29, 0.717) is 19.0 Å². The van der Waals surface area contributed by atoms with Gasteiger partial charge in [-0.05, 0) is 36.6 Å². The lowest BCUT2D eigenvalue weighted by molar-refractivity contribution is -0.116. The largest absolute Gasteiger partial charge is 0.351 e. The SMILES string of the molecule is O=C(/C=C/c1ccccc1)NCCn1nc(C2CC2)n(-c2ccccc2)c1=O. The summed E-state index contributed by atoms with van der Waals surface area (Å²) in [6.45, 7) is 0.678. The van der Waals surface area contributed by atoms with Crippen molar-refractivity contribution in [3.8, 4) is 5.69 Å². The number of amides is 1. The van der Waals surface area contributed by atoms with Crippen LogP contribution in [0.1, 0.15) is 30.1 Å². The van der Waals surface area contributed by atoms with Crippen molar-refractivity contribution in [2.75, 3.05) is 6.54 Å². The van der Waals surface area contributed by atoms with Gasteiger partial charge in [-0.25, -0.2) is 14.0 Å². The molecule has 6 nitrogen and oxygen atoms in total. The minimum Gasteiger partial charge on any atom is -0.351 e. The van der Waals surface area contributed by atoms with Crippen molar-refractivity contribution in [2.45, 2.75) is 25.3 Å². The molecule has 1 aromatic heterocycles. The Labute approximate surface area is 163 Å². The molecule has 0 aliphatic heterocycles. The van der Waals surface area contributed by atoms with Crippen molar-refractivity contribution in [1.82, 2.24) is 19.7 Å². The molecule has 1 aliphatic rings. The summed E-state index contributed by atoms with van der Waals surface area (Å²) in [5, 5.41) is 7.34. The van der Waals surface area contributed by atoms with Crippen LogP contribution in [0.3, 0.4) is 0 Å². The first-order valence-electron chi connectivity index (χ1n) is 9.48. The molecular weight excluding hydrogens is 352 g/mol. The maximum absolute atomic E-state index is 12.8. The number of carbonyl (C=O) groups excluding carboxylic acids is 1. The molecule has 0 unspecified atom stereocenters. The van der Waals surface area contributed by atoms with Gasteiger partial charge >= 0.3 is 5.69 Å². The second-order valence-corrected chi connectivity index (χ2v) is 6.84. The van der Waals surface area contributed by atoms with Crippen molar-refractivity contribution in [3.63, 3.8) is 0 Å². The van der Waals surface area contributed by atoms with E-state index < -0.39 is 0 Å². The number of nitrogens with one attached hydrogen (secondary N) is 1. The third kappa shape index (κ3) is 4.11. The minimum atomic E-state index is -0.193. The maximum atomic E-state index is 12.8. The van der Waals surface area contributed by atoms with Gasteiger partial charge in [-0.1, -0.05) is 48.5 Å². The molecule has 1 fully saturated rings. The van der Waals surface area contributed by atoms with Crippen LogP contribution in [-0.4, -0.2) is 26.8 Å². The molecular formula is C22H22N4O2. The van der Waals surface area contributed by atoms with Gasteiger partial charge in [-0.15, -0.1) is 0 Å². The molecule has 142 valence electrons. The van der Waals surface area contributed by atoms with E-state index in [4.69, 9.17) is 0 Å². The highest BCUT2D eigenvalue weighted by Gasteiger charge is 2.31. The molecule has 6 heteroatoms. The Balaban J connectivity index is 1.42. The fourth-order valence-electron chi connectivity index (χ4n) is 3.08. The third-order valence-corrected chi connectivity index (χ3v) is 4.67. The van der Waals surface area contributed by atoms with Crippen molar-refractivity contribution in [2.24, 2.45) is 0 Å². The molecule has 1 amide bonds. The van der Waals surface area contributed by atoms with E-state index in [1.807, 2.05) is 60.7 Å². The Morgan fingerprint density at radius 2 is 1.75 bits per heavy atom. The highest BCUT2D eigenvalue weighted by Crippen LogP contribution is 2.39. The van der Waals surface area contributed by atoms with Crippen molar-refractivity contribution >= 4 is 12.0 Å². The van der Waals surface area contributed by atoms with Crippen LogP contribution in [0.15, 0.2) is 71.5 Å². The van der Waals surface area contributed by atoms with Gasteiger partial charge in [0.15, 0.2) is 0 Å². The molecule has 28 heavy (non-hydrogen) atoms. The Morgan fingerprint density at radius 1 is 1.07 bits per heavy atom. The van der Waals surface area contributed by atoms with Crippen LogP contribution in [0.5, 0.6) is 0 Å². The highest BCUT2D eigenvalue weighted by molar-refractivity contribution is 5.91. The van der Waals surface area contributed by atoms with Crippen molar-refractivity contribution in [3.05, 3.63) is 88.6 Å². The standard InChI is InChI=1S/C22H22N4O2/c27-20(14-11-17-7-3-1-4-8-17)23-15-16-25-22(28)26(19-9-5-2-6-10-19)21(24-25)18-12-13-18/h1-11,14,18H,12-13,15-16H2,(H,23,27)/b14-11+. The van der Waals surface area contributed by atoms with Crippen molar-refractivity contribution in [1.29, 1.82) is 0 Å². The van der Waals surface area contributed by atoms with E-state index >= 15 is 0 Å². The summed E-state index contributed by atoms with van der Waals surface area (Å²) in [6, 6.07) is 19.2. The van der Waals surface area contributed by atoms with E-state index in [9.17, 15) is 9.59 Å². The normalized spacial score (nSPS) is 13.7. The van der Waals surface area contributed by atoms with Gasteiger partial charge in [-0.2, -0.15) is 5.10 Å². The number of nitrogens with zero attached hydrogens (tertiary/aromatic N) is 3. The lowest BCUT2D eigenvalue weighted by atomic mass is 10.2. The molecule has 0 saturated heterocycles. The van der Waals surface area contributed by atoms with Gasteiger partial charge in [-0.3, -0.25) is 4.79 Å². The fourth-order valence-corrected chi connectivity index (χ4v) is 3.08. The summed E-state index contributed by atoms with van der Waals surface area (Å²) in [7, 11) is 0. The number of para-hydroxylation sites is 1. The average molecular weight is 374 g/mol. The molecule has 2 aromatic carbocycles. The Bertz CT molecular complexity index is 1030. The van der Waals surface area contributed by atoms with Crippen LogP contribution >= 0.6 is 0 Å². The van der Waals surface area contributed by atoms with Gasteiger partial charge in [0.25, 0.3) is 0 Å². The minimum absolute atomic E-state index is 0.165. The smallest absolute Gasteiger partial charge is 0.350 e. The van der Waals surface area contributed by atoms with Crippen LogP contribution in [0.2, 0.25) is 0 Å². The number of aromatic nitrogens is 3. The van der Waals surface area contributed by atoms with Gasteiger partial charge in [0, 0.05) is 18.5 Å². The molecule has 1 heterocycles. The van der Waals surface area contributed by atoms with Gasteiger partial charge in [0.1, 0.15) is 5.82 Å². The summed E-state index contributed by atoms with van der Waals surface area (Å²) in [6.07, 6.45) is 5.38. The second kappa shape index (κ2) is 8.08. The molecule has 0 atom stereocenters. The maximum Gasteiger partial charge on any atom is 0.350 e. The van der Waals surface area contributed by atoms with Gasteiger partial charge < -0.3 is 5.32 Å². The molecule has 0 bridgehead atoms. The molecule has 1 aliphatic carbocycles. The number of benzene rings is 2. The molecule has 1 N–H and O–H groups in total. The van der Waals surface area contributed by atoms with Crippen LogP contribution in [0, 0.1) is 0 Å². The summed E-state index contributed by atoms with van der Waals surface area (Å²) in [4.78, 5) is 24.8. The zero-order chi connectivity index (χ0) is 19.3. The fraction of sp³-hybridized carbons (Fsp3) is 0.227.